The number of hydroxylamine groups is 1. The van der Waals surface area contributed by atoms with E-state index in [2.05, 4.69) is 12.1 Å². The summed E-state index contributed by atoms with van der Waals surface area (Å²) in [6.45, 7) is 4.70. The highest BCUT2D eigenvalue weighted by atomic mass is 16.7. The highest BCUT2D eigenvalue weighted by Gasteiger charge is 2.60. The number of rotatable bonds is 10. The number of non-ortho nitro benzene ring substituents is 2. The predicted molar refractivity (Wildman–Crippen MR) is 123 cm³/mol. The average molecular weight is 501 g/mol. The van der Waals surface area contributed by atoms with Crippen LogP contribution in [0, 0.1) is 20.2 Å². The van der Waals surface area contributed by atoms with Gasteiger partial charge in [0.15, 0.2) is 11.4 Å². The number of carbonyl (C=O) groups is 2. The zero-order valence-corrected chi connectivity index (χ0v) is 19.0. The van der Waals surface area contributed by atoms with Crippen molar-refractivity contribution >= 4 is 22.9 Å². The standard InChI is InChI=1S/C23H23N3O10/c1-3-12-35-24-19-13-22(29,20(27)15-4-8-17(9-5-15)25(31)32)36-14(2)23(19,30)21(28)16-6-10-18(11-7-16)26(33)34/h3-11,14,19,24,29-30H,1,12-13H2,2H3/t14-,19-,22?,23+/m0/s1. The van der Waals surface area contributed by atoms with E-state index in [0.29, 0.717) is 0 Å². The van der Waals surface area contributed by atoms with E-state index in [9.17, 15) is 40.0 Å². The molecule has 3 N–H and O–H groups in total. The van der Waals surface area contributed by atoms with Crippen molar-refractivity contribution in [3.8, 4) is 0 Å². The van der Waals surface area contributed by atoms with E-state index >= 15 is 0 Å². The lowest BCUT2D eigenvalue weighted by Gasteiger charge is -2.48. The smallest absolute Gasteiger partial charge is 0.269 e. The van der Waals surface area contributed by atoms with E-state index in [0.717, 1.165) is 48.5 Å². The molecule has 13 heteroatoms. The van der Waals surface area contributed by atoms with Gasteiger partial charge in [-0.25, -0.2) is 0 Å². The molecule has 190 valence electrons. The van der Waals surface area contributed by atoms with Crippen LogP contribution in [0.15, 0.2) is 61.2 Å². The summed E-state index contributed by atoms with van der Waals surface area (Å²) in [5, 5.41) is 44.5. The lowest BCUT2D eigenvalue weighted by atomic mass is 9.75. The first-order valence-corrected chi connectivity index (χ1v) is 10.6. The third-order valence-corrected chi connectivity index (χ3v) is 5.83. The molecule has 0 spiro atoms. The van der Waals surface area contributed by atoms with Gasteiger partial charge in [-0.2, -0.15) is 5.48 Å². The van der Waals surface area contributed by atoms with E-state index in [4.69, 9.17) is 9.57 Å². The Balaban J connectivity index is 1.95. The zero-order chi connectivity index (χ0) is 26.7. The van der Waals surface area contributed by atoms with Crippen LogP contribution in [0.3, 0.4) is 0 Å². The number of nitrogens with one attached hydrogen (secondary N) is 1. The highest BCUT2D eigenvalue weighted by Crippen LogP contribution is 2.38. The Labute approximate surface area is 204 Å². The molecule has 1 aliphatic rings. The van der Waals surface area contributed by atoms with E-state index in [1.807, 2.05) is 0 Å². The van der Waals surface area contributed by atoms with Crippen LogP contribution in [0.2, 0.25) is 0 Å². The van der Waals surface area contributed by atoms with Crippen molar-refractivity contribution in [1.29, 1.82) is 0 Å². The van der Waals surface area contributed by atoms with Crippen LogP contribution < -0.4 is 5.48 Å². The average Bonchev–Trinajstić information content (AvgIpc) is 2.86. The maximum atomic E-state index is 13.4. The van der Waals surface area contributed by atoms with Gasteiger partial charge in [0.2, 0.25) is 11.6 Å². The molecule has 1 unspecified atom stereocenters. The summed E-state index contributed by atoms with van der Waals surface area (Å²) in [7, 11) is 0. The summed E-state index contributed by atoms with van der Waals surface area (Å²) in [6.07, 6.45) is -0.758. The normalized spacial score (nSPS) is 25.6. The Kier molecular flexibility index (Phi) is 7.71. The molecule has 0 aliphatic carbocycles. The van der Waals surface area contributed by atoms with Crippen molar-refractivity contribution in [2.24, 2.45) is 0 Å². The molecule has 0 amide bonds. The number of hydrogen-bond acceptors (Lipinski definition) is 11. The van der Waals surface area contributed by atoms with Gasteiger partial charge >= 0.3 is 0 Å². The van der Waals surface area contributed by atoms with Crippen molar-refractivity contribution in [2.45, 2.75) is 36.9 Å². The van der Waals surface area contributed by atoms with Gasteiger partial charge in [0.1, 0.15) is 0 Å². The Morgan fingerprint density at radius 1 is 1.06 bits per heavy atom. The highest BCUT2D eigenvalue weighted by molar-refractivity contribution is 6.05. The Morgan fingerprint density at radius 3 is 1.97 bits per heavy atom. The molecule has 13 nitrogen and oxygen atoms in total. The monoisotopic (exact) mass is 501 g/mol. The van der Waals surface area contributed by atoms with Gasteiger partial charge < -0.3 is 14.9 Å². The predicted octanol–water partition coefficient (Wildman–Crippen LogP) is 1.87. The fourth-order valence-corrected chi connectivity index (χ4v) is 3.90. The van der Waals surface area contributed by atoms with Crippen LogP contribution in [0.4, 0.5) is 11.4 Å². The molecule has 1 saturated heterocycles. The van der Waals surface area contributed by atoms with Crippen molar-refractivity contribution in [2.75, 3.05) is 6.61 Å². The molecular formula is C23H23N3O10. The molecule has 1 aliphatic heterocycles. The molecule has 1 heterocycles. The number of nitro groups is 2. The molecule has 2 aromatic carbocycles. The molecule has 2 aromatic rings. The third-order valence-electron chi connectivity index (χ3n) is 5.83. The van der Waals surface area contributed by atoms with Gasteiger partial charge in [0.05, 0.1) is 28.6 Å². The molecular weight excluding hydrogens is 478 g/mol. The third kappa shape index (κ3) is 5.05. The van der Waals surface area contributed by atoms with Gasteiger partial charge in [-0.3, -0.25) is 34.7 Å². The van der Waals surface area contributed by atoms with Gasteiger partial charge in [-0.1, -0.05) is 6.08 Å². The number of ketones is 2. The largest absolute Gasteiger partial charge is 0.377 e. The molecule has 3 rings (SSSR count). The first kappa shape index (κ1) is 26.7. The van der Waals surface area contributed by atoms with E-state index in [1.165, 1.54) is 13.0 Å². The second-order valence-corrected chi connectivity index (χ2v) is 8.11. The first-order chi connectivity index (χ1) is 16.9. The van der Waals surface area contributed by atoms with Crippen LogP contribution in [0.1, 0.15) is 34.1 Å². The van der Waals surface area contributed by atoms with Crippen molar-refractivity contribution in [3.05, 3.63) is 92.5 Å². The quantitative estimate of drug-likeness (QED) is 0.141. The summed E-state index contributed by atoms with van der Waals surface area (Å²) >= 11 is 0. The number of aliphatic hydroxyl groups is 2. The van der Waals surface area contributed by atoms with Gasteiger partial charge in [-0.15, -0.1) is 6.58 Å². The van der Waals surface area contributed by atoms with Crippen LogP contribution in [-0.4, -0.2) is 61.8 Å². The van der Waals surface area contributed by atoms with Crippen molar-refractivity contribution < 1.29 is 39.2 Å². The Morgan fingerprint density at radius 2 is 1.53 bits per heavy atom. The maximum Gasteiger partial charge on any atom is 0.269 e. The number of Topliss-reactive ketones (excluding diaryl/α,β-unsaturated/α-hetero) is 2. The number of nitrogens with zero attached hydrogens (tertiary/aromatic N) is 2. The fourth-order valence-electron chi connectivity index (χ4n) is 3.90. The topological polar surface area (TPSA) is 191 Å². The van der Waals surface area contributed by atoms with Gasteiger partial charge in [0, 0.05) is 41.8 Å². The van der Waals surface area contributed by atoms with Crippen LogP contribution in [0.25, 0.3) is 0 Å². The summed E-state index contributed by atoms with van der Waals surface area (Å²) in [4.78, 5) is 52.2. The van der Waals surface area contributed by atoms with Crippen LogP contribution in [0.5, 0.6) is 0 Å². The second-order valence-electron chi connectivity index (χ2n) is 8.11. The van der Waals surface area contributed by atoms with E-state index in [-0.39, 0.29) is 29.1 Å². The van der Waals surface area contributed by atoms with Crippen LogP contribution >= 0.6 is 0 Å². The lowest BCUT2D eigenvalue weighted by Crippen LogP contribution is -2.71. The fraction of sp³-hybridized carbons (Fsp3) is 0.304. The minimum absolute atomic E-state index is 0.0533. The number of ether oxygens (including phenoxy) is 1. The van der Waals surface area contributed by atoms with Crippen molar-refractivity contribution in [3.63, 3.8) is 0 Å². The lowest BCUT2D eigenvalue weighted by molar-refractivity contribution is -0.385. The molecule has 36 heavy (non-hydrogen) atoms. The Bertz CT molecular complexity index is 1180. The molecule has 0 radical (unpaired) electrons. The molecule has 0 aromatic heterocycles. The van der Waals surface area contributed by atoms with Gasteiger partial charge in [0.25, 0.3) is 11.4 Å². The minimum atomic E-state index is -2.53. The summed E-state index contributed by atoms with van der Waals surface area (Å²) in [6, 6.07) is 7.58. The molecule has 0 bridgehead atoms. The summed E-state index contributed by atoms with van der Waals surface area (Å²) in [5.41, 5.74) is -0.616. The van der Waals surface area contributed by atoms with Crippen LogP contribution in [-0.2, 0) is 9.57 Å². The summed E-state index contributed by atoms with van der Waals surface area (Å²) in [5.74, 6) is -4.38. The molecule has 0 saturated carbocycles. The maximum absolute atomic E-state index is 13.4. The number of nitro benzene ring substituents is 2. The van der Waals surface area contributed by atoms with Gasteiger partial charge in [-0.05, 0) is 31.2 Å². The number of hydrogen-bond donors (Lipinski definition) is 3. The van der Waals surface area contributed by atoms with E-state index in [1.54, 1.807) is 0 Å². The number of carbonyl (C=O) groups excluding carboxylic acids is 2. The van der Waals surface area contributed by atoms with E-state index < -0.39 is 51.4 Å². The Hall–Kier alpha value is -3.88. The zero-order valence-electron chi connectivity index (χ0n) is 19.0. The second kappa shape index (κ2) is 10.4. The number of benzene rings is 2. The van der Waals surface area contributed by atoms with Crippen molar-refractivity contribution in [1.82, 2.24) is 5.48 Å². The minimum Gasteiger partial charge on any atom is -0.377 e. The molecule has 1 fully saturated rings. The summed E-state index contributed by atoms with van der Waals surface area (Å²) < 4.78 is 5.50. The SMILES string of the molecule is C=CCON[C@H]1CC(O)(C(=O)c2ccc([N+](=O)[O-])cc2)O[C@@H](C)[C@]1(O)C(=O)c1ccc([N+](=O)[O-])cc1. The molecule has 4 atom stereocenters. The first-order valence-electron chi connectivity index (χ1n) is 10.6.